The number of aryl methyl sites for hydroxylation is 3. The molecular weight excluding hydrogens is 482 g/mol. The van der Waals surface area contributed by atoms with E-state index in [4.69, 9.17) is 16.7 Å². The van der Waals surface area contributed by atoms with E-state index in [1.54, 1.807) is 13.0 Å². The van der Waals surface area contributed by atoms with Crippen molar-refractivity contribution in [3.63, 3.8) is 0 Å². The van der Waals surface area contributed by atoms with Crippen LogP contribution >= 0.6 is 11.6 Å². The van der Waals surface area contributed by atoms with Crippen molar-refractivity contribution in [2.75, 3.05) is 54.9 Å². The number of para-hydroxylation sites is 1. The molecule has 3 heterocycles. The van der Waals surface area contributed by atoms with Gasteiger partial charge in [-0.2, -0.15) is 15.0 Å². The molecule has 1 fully saturated rings. The number of halogens is 1. The van der Waals surface area contributed by atoms with E-state index >= 15 is 0 Å². The summed E-state index contributed by atoms with van der Waals surface area (Å²) < 4.78 is 0. The summed E-state index contributed by atoms with van der Waals surface area (Å²) in [5, 5.41) is 15.5. The first-order valence-corrected chi connectivity index (χ1v) is 12.3. The Bertz CT molecular complexity index is 1210. The van der Waals surface area contributed by atoms with Gasteiger partial charge in [0.2, 0.25) is 17.8 Å². The van der Waals surface area contributed by atoms with Crippen molar-refractivity contribution in [3.05, 3.63) is 52.1 Å². The molecule has 11 nitrogen and oxygen atoms in total. The van der Waals surface area contributed by atoms with Gasteiger partial charge in [-0.3, -0.25) is 15.0 Å². The fourth-order valence-corrected chi connectivity index (χ4v) is 4.17. The molecule has 0 saturated carbocycles. The maximum absolute atomic E-state index is 12.9. The highest BCUT2D eigenvalue weighted by Gasteiger charge is 2.21. The summed E-state index contributed by atoms with van der Waals surface area (Å²) in [4.78, 5) is 39.6. The normalized spacial score (nSPS) is 14.1. The van der Waals surface area contributed by atoms with Crippen molar-refractivity contribution >= 4 is 41.0 Å². The number of piperazine rings is 1. The van der Waals surface area contributed by atoms with Crippen molar-refractivity contribution in [2.24, 2.45) is 0 Å². The van der Waals surface area contributed by atoms with Crippen LogP contribution < -0.4 is 15.5 Å². The van der Waals surface area contributed by atoms with Gasteiger partial charge in [-0.05, 0) is 25.5 Å². The molecule has 0 spiro atoms. The topological polar surface area (TPSA) is 132 Å². The number of rotatable bonds is 8. The van der Waals surface area contributed by atoms with Crippen molar-refractivity contribution in [3.8, 4) is 0 Å². The molecule has 0 unspecified atom stereocenters. The van der Waals surface area contributed by atoms with Gasteiger partial charge in [0.1, 0.15) is 5.82 Å². The van der Waals surface area contributed by atoms with Gasteiger partial charge in [-0.1, -0.05) is 30.7 Å². The van der Waals surface area contributed by atoms with Crippen LogP contribution in [0.15, 0.2) is 24.4 Å². The summed E-state index contributed by atoms with van der Waals surface area (Å²) in [7, 11) is 0. The van der Waals surface area contributed by atoms with E-state index in [-0.39, 0.29) is 18.5 Å². The molecule has 0 radical (unpaired) electrons. The Morgan fingerprint density at radius 3 is 2.53 bits per heavy atom. The Morgan fingerprint density at radius 2 is 1.86 bits per heavy atom. The lowest BCUT2D eigenvalue weighted by Crippen LogP contribution is -2.47. The van der Waals surface area contributed by atoms with Crippen molar-refractivity contribution < 1.29 is 9.90 Å². The van der Waals surface area contributed by atoms with Crippen LogP contribution in [0.5, 0.6) is 0 Å². The van der Waals surface area contributed by atoms with Crippen LogP contribution in [-0.2, 0) is 6.42 Å². The highest BCUT2D eigenvalue weighted by molar-refractivity contribution is 6.34. The Hall–Kier alpha value is -3.41. The van der Waals surface area contributed by atoms with E-state index in [0.717, 1.165) is 31.7 Å². The van der Waals surface area contributed by atoms with E-state index in [0.29, 0.717) is 52.7 Å². The number of carbonyl (C=O) groups is 1. The Morgan fingerprint density at radius 1 is 1.08 bits per heavy atom. The molecule has 1 aliphatic heterocycles. The van der Waals surface area contributed by atoms with Crippen molar-refractivity contribution in [1.82, 2.24) is 29.8 Å². The van der Waals surface area contributed by atoms with Crippen LogP contribution in [0.2, 0.25) is 5.02 Å². The number of benzene rings is 1. The number of hydrogen-bond acceptors (Lipinski definition) is 10. The molecule has 2 aromatic heterocycles. The van der Waals surface area contributed by atoms with Crippen molar-refractivity contribution in [1.29, 1.82) is 0 Å². The van der Waals surface area contributed by atoms with Crippen LogP contribution in [0.4, 0.5) is 23.5 Å². The van der Waals surface area contributed by atoms with E-state index in [2.05, 4.69) is 45.4 Å². The van der Waals surface area contributed by atoms with Gasteiger partial charge in [0, 0.05) is 45.3 Å². The van der Waals surface area contributed by atoms with Crippen LogP contribution in [0.1, 0.15) is 34.4 Å². The number of anilines is 4. The van der Waals surface area contributed by atoms with Gasteiger partial charge in [-0.25, -0.2) is 9.97 Å². The molecule has 36 heavy (non-hydrogen) atoms. The third-order valence-corrected chi connectivity index (χ3v) is 6.28. The highest BCUT2D eigenvalue weighted by atomic mass is 35.5. The predicted molar refractivity (Wildman–Crippen MR) is 139 cm³/mol. The lowest BCUT2D eigenvalue weighted by molar-refractivity contribution is 0.102. The molecule has 4 rings (SSSR count). The molecule has 0 atom stereocenters. The van der Waals surface area contributed by atoms with Crippen molar-refractivity contribution in [2.45, 2.75) is 27.2 Å². The third kappa shape index (κ3) is 6.04. The van der Waals surface area contributed by atoms with E-state index in [9.17, 15) is 4.79 Å². The van der Waals surface area contributed by atoms with Gasteiger partial charge < -0.3 is 15.3 Å². The summed E-state index contributed by atoms with van der Waals surface area (Å²) in [6, 6.07) is 5.43. The molecule has 3 N–H and O–H groups in total. The molecule has 12 heteroatoms. The number of amides is 1. The summed E-state index contributed by atoms with van der Waals surface area (Å²) in [6.07, 6.45) is 2.12. The number of nitrogens with one attached hydrogen (secondary N) is 2. The van der Waals surface area contributed by atoms with Crippen LogP contribution in [0.25, 0.3) is 0 Å². The van der Waals surface area contributed by atoms with E-state index in [1.807, 2.05) is 26.0 Å². The number of β-amino-alcohol motifs (C(OH)–C–C–N with tert-alkyl or cyclic N) is 1. The van der Waals surface area contributed by atoms with Crippen LogP contribution in [0, 0.1) is 13.8 Å². The zero-order valence-electron chi connectivity index (χ0n) is 20.6. The number of aromatic nitrogens is 5. The molecule has 1 aromatic carbocycles. The van der Waals surface area contributed by atoms with Gasteiger partial charge in [-0.15, -0.1) is 0 Å². The van der Waals surface area contributed by atoms with E-state index < -0.39 is 0 Å². The molecule has 0 aliphatic carbocycles. The number of aliphatic hydroxyl groups is 1. The quantitative estimate of drug-likeness (QED) is 0.414. The summed E-state index contributed by atoms with van der Waals surface area (Å²) >= 11 is 6.24. The first-order valence-electron chi connectivity index (χ1n) is 11.9. The molecule has 1 aliphatic rings. The fraction of sp³-hybridized carbons (Fsp3) is 0.417. The molecule has 190 valence electrons. The minimum Gasteiger partial charge on any atom is -0.395 e. The van der Waals surface area contributed by atoms with Gasteiger partial charge in [0.15, 0.2) is 0 Å². The maximum atomic E-state index is 12.9. The average Bonchev–Trinajstić information content (AvgIpc) is 2.87. The van der Waals surface area contributed by atoms with Gasteiger partial charge >= 0.3 is 0 Å². The van der Waals surface area contributed by atoms with Gasteiger partial charge in [0.05, 0.1) is 28.6 Å². The summed E-state index contributed by atoms with van der Waals surface area (Å²) in [6.45, 7) is 9.60. The smallest absolute Gasteiger partial charge is 0.259 e. The minimum atomic E-state index is -0.341. The largest absolute Gasteiger partial charge is 0.395 e. The number of carbonyl (C=O) groups excluding carboxylic acids is 1. The molecular formula is C24H30ClN9O2. The average molecular weight is 512 g/mol. The molecule has 1 saturated heterocycles. The molecule has 3 aromatic rings. The molecule has 0 bridgehead atoms. The first kappa shape index (κ1) is 25.7. The minimum absolute atomic E-state index is 0.152. The number of hydrogen-bond donors (Lipinski definition) is 3. The molecule has 1 amide bonds. The SMILES string of the molecule is CCc1nc(Nc2ncc(C(=O)Nc3c(C)cccc3Cl)c(C)n2)nc(N2CCN(CCO)CC2)n1. The van der Waals surface area contributed by atoms with Gasteiger partial charge in [0.25, 0.3) is 5.91 Å². The van der Waals surface area contributed by atoms with Crippen LogP contribution in [0.3, 0.4) is 0 Å². The maximum Gasteiger partial charge on any atom is 0.259 e. The number of nitrogens with zero attached hydrogens (tertiary/aromatic N) is 7. The first-order chi connectivity index (χ1) is 17.4. The van der Waals surface area contributed by atoms with Crippen LogP contribution in [-0.4, -0.2) is 80.2 Å². The zero-order chi connectivity index (χ0) is 25.7. The summed E-state index contributed by atoms with van der Waals surface area (Å²) in [5.74, 6) is 1.54. The monoisotopic (exact) mass is 511 g/mol. The number of aliphatic hydroxyl groups excluding tert-OH is 1. The Labute approximate surface area is 215 Å². The summed E-state index contributed by atoms with van der Waals surface area (Å²) in [5.41, 5.74) is 2.26. The predicted octanol–water partition coefficient (Wildman–Crippen LogP) is 2.60. The fourth-order valence-electron chi connectivity index (χ4n) is 3.90. The second-order valence-corrected chi connectivity index (χ2v) is 8.89. The second-order valence-electron chi connectivity index (χ2n) is 8.48. The zero-order valence-corrected chi connectivity index (χ0v) is 21.4. The Balaban J connectivity index is 1.49. The standard InChI is InChI=1S/C24H30ClN9O2/c1-4-19-28-23(32-24(29-19)34-10-8-33(9-11-34)12-13-35)31-22-26-14-17(16(3)27-22)21(36)30-20-15(2)6-5-7-18(20)25/h5-7,14,35H,4,8-13H2,1-3H3,(H,30,36)(H,26,27,28,29,31,32). The lowest BCUT2D eigenvalue weighted by atomic mass is 10.1. The lowest BCUT2D eigenvalue weighted by Gasteiger charge is -2.34. The second kappa shape index (κ2) is 11.5. The third-order valence-electron chi connectivity index (χ3n) is 5.97. The Kier molecular flexibility index (Phi) is 8.24. The highest BCUT2D eigenvalue weighted by Crippen LogP contribution is 2.26. The van der Waals surface area contributed by atoms with E-state index in [1.165, 1.54) is 6.20 Å².